The van der Waals surface area contributed by atoms with Gasteiger partial charge in [-0.25, -0.2) is 9.59 Å². The molecule has 2 aliphatic heterocycles. The van der Waals surface area contributed by atoms with Crippen LogP contribution >= 0.6 is 0 Å². The van der Waals surface area contributed by atoms with Gasteiger partial charge in [0.1, 0.15) is 6.61 Å². The molecule has 1 spiro atoms. The zero-order valence-corrected chi connectivity index (χ0v) is 32.2. The van der Waals surface area contributed by atoms with Crippen LogP contribution in [0.3, 0.4) is 0 Å². The molecule has 4 rings (SSSR count). The second-order valence-electron chi connectivity index (χ2n) is 13.8. The maximum atomic E-state index is 13.8. The summed E-state index contributed by atoms with van der Waals surface area (Å²) in [6, 6.07) is 6.28. The molecule has 0 bridgehead atoms. The molecule has 284 valence electrons. The average Bonchev–Trinajstić information content (AvgIpc) is 3.16. The molecule has 0 amide bonds. The highest BCUT2D eigenvalue weighted by atomic mass is 16.7. The van der Waals surface area contributed by atoms with Crippen molar-refractivity contribution in [1.82, 2.24) is 5.06 Å². The SMILES string of the molecule is CCC1(COC(=O)c2cc(OC)c(OC)c(OC)c2)COC2(CC(C)(CC)N(OC(=O)c3cc(OC)c(OC)c(OC)c3)C(C)(CC)C2C)OC1. The number of piperidine rings is 1. The normalized spacial score (nSPS) is 27.7. The van der Waals surface area contributed by atoms with E-state index in [4.69, 9.17) is 47.5 Å². The van der Waals surface area contributed by atoms with E-state index < -0.39 is 34.2 Å². The van der Waals surface area contributed by atoms with E-state index in [0.717, 1.165) is 0 Å². The van der Waals surface area contributed by atoms with E-state index in [-0.39, 0.29) is 23.7 Å². The first-order valence-corrected chi connectivity index (χ1v) is 17.3. The van der Waals surface area contributed by atoms with Crippen molar-refractivity contribution >= 4 is 11.9 Å². The Hall–Kier alpha value is -3.94. The number of hydroxylamine groups is 2. The van der Waals surface area contributed by atoms with Gasteiger partial charge in [0, 0.05) is 12.3 Å². The first-order chi connectivity index (χ1) is 24.2. The van der Waals surface area contributed by atoms with Crippen LogP contribution in [0.5, 0.6) is 34.5 Å². The van der Waals surface area contributed by atoms with Crippen molar-refractivity contribution in [1.29, 1.82) is 0 Å². The molecule has 2 heterocycles. The van der Waals surface area contributed by atoms with Crippen molar-refractivity contribution in [3.05, 3.63) is 35.4 Å². The standard InChI is InChI=1S/C38H55NO12/c1-13-35(5)20-38(24(4)36(6,14-2)39(35)51-34(41)26-18-29(44-9)32(47-12)30(19-26)45-10)49-22-37(15-3,23-50-38)21-48-33(40)25-16-27(42-7)31(46-11)28(17-25)43-8/h16-19,24H,13-15,20-23H2,1-12H3. The van der Waals surface area contributed by atoms with E-state index >= 15 is 0 Å². The van der Waals surface area contributed by atoms with Crippen molar-refractivity contribution < 1.29 is 57.1 Å². The van der Waals surface area contributed by atoms with Gasteiger partial charge in [0.25, 0.3) is 0 Å². The maximum Gasteiger partial charge on any atom is 0.357 e. The third-order valence-corrected chi connectivity index (χ3v) is 11.1. The van der Waals surface area contributed by atoms with Crippen LogP contribution in [0.4, 0.5) is 0 Å². The average molecular weight is 718 g/mol. The van der Waals surface area contributed by atoms with Crippen LogP contribution in [-0.2, 0) is 19.0 Å². The first kappa shape index (κ1) is 39.8. The van der Waals surface area contributed by atoms with Crippen molar-refractivity contribution in [3.8, 4) is 34.5 Å². The third kappa shape index (κ3) is 7.25. The highest BCUT2D eigenvalue weighted by Gasteiger charge is 2.64. The Bertz CT molecular complexity index is 1500. The summed E-state index contributed by atoms with van der Waals surface area (Å²) >= 11 is 0. The van der Waals surface area contributed by atoms with E-state index in [2.05, 4.69) is 34.6 Å². The summed E-state index contributed by atoms with van der Waals surface area (Å²) in [5.41, 5.74) is -1.41. The summed E-state index contributed by atoms with van der Waals surface area (Å²) in [6.07, 6.45) is 2.35. The summed E-state index contributed by atoms with van der Waals surface area (Å²) in [6.45, 7) is 13.0. The van der Waals surface area contributed by atoms with Crippen LogP contribution in [0.15, 0.2) is 24.3 Å². The minimum Gasteiger partial charge on any atom is -0.493 e. The minimum absolute atomic E-state index is 0.0814. The molecule has 51 heavy (non-hydrogen) atoms. The monoisotopic (exact) mass is 717 g/mol. The number of hydrogen-bond donors (Lipinski definition) is 0. The highest BCUT2D eigenvalue weighted by molar-refractivity contribution is 5.91. The van der Waals surface area contributed by atoms with Gasteiger partial charge in [0.2, 0.25) is 11.5 Å². The van der Waals surface area contributed by atoms with Gasteiger partial charge in [-0.05, 0) is 57.4 Å². The summed E-state index contributed by atoms with van der Waals surface area (Å²) < 4.78 is 52.1. The summed E-state index contributed by atoms with van der Waals surface area (Å²) in [5.74, 6) is -0.129. The molecule has 3 atom stereocenters. The van der Waals surface area contributed by atoms with E-state index in [0.29, 0.717) is 73.4 Å². The van der Waals surface area contributed by atoms with E-state index in [1.807, 2.05) is 12.0 Å². The number of methoxy groups -OCH3 is 6. The van der Waals surface area contributed by atoms with Gasteiger partial charge in [-0.3, -0.25) is 0 Å². The summed E-state index contributed by atoms with van der Waals surface area (Å²) in [5, 5.41) is 1.84. The summed E-state index contributed by atoms with van der Waals surface area (Å²) in [4.78, 5) is 33.5. The van der Waals surface area contributed by atoms with E-state index in [1.165, 1.54) is 42.7 Å². The Balaban J connectivity index is 1.56. The number of esters is 1. The molecule has 2 fully saturated rings. The molecule has 2 aromatic carbocycles. The van der Waals surface area contributed by atoms with Crippen LogP contribution in [0, 0.1) is 11.3 Å². The maximum absolute atomic E-state index is 13.8. The zero-order chi connectivity index (χ0) is 37.8. The lowest BCUT2D eigenvalue weighted by Gasteiger charge is -2.63. The second-order valence-corrected chi connectivity index (χ2v) is 13.8. The van der Waals surface area contributed by atoms with Crippen molar-refractivity contribution in [2.24, 2.45) is 11.3 Å². The Kier molecular flexibility index (Phi) is 12.3. The van der Waals surface area contributed by atoms with Gasteiger partial charge in [-0.15, -0.1) is 5.06 Å². The quantitative estimate of drug-likeness (QED) is 0.198. The Morgan fingerprint density at radius 3 is 1.53 bits per heavy atom. The molecular weight excluding hydrogens is 662 g/mol. The molecule has 0 aromatic heterocycles. The molecule has 0 aliphatic carbocycles. The summed E-state index contributed by atoms with van der Waals surface area (Å²) in [7, 11) is 8.98. The molecule has 3 unspecified atom stereocenters. The fraction of sp³-hybridized carbons (Fsp3) is 0.632. The molecule has 13 heteroatoms. The van der Waals surface area contributed by atoms with Gasteiger partial charge >= 0.3 is 11.9 Å². The van der Waals surface area contributed by atoms with Gasteiger partial charge in [-0.2, -0.15) is 0 Å². The van der Waals surface area contributed by atoms with Crippen LogP contribution in [0.25, 0.3) is 0 Å². The van der Waals surface area contributed by atoms with Gasteiger partial charge in [-0.1, -0.05) is 27.7 Å². The Labute approximate surface area is 301 Å². The lowest BCUT2D eigenvalue weighted by atomic mass is 9.66. The Morgan fingerprint density at radius 1 is 0.706 bits per heavy atom. The first-order valence-electron chi connectivity index (χ1n) is 17.3. The van der Waals surface area contributed by atoms with E-state index in [9.17, 15) is 9.59 Å². The Morgan fingerprint density at radius 2 is 1.16 bits per heavy atom. The van der Waals surface area contributed by atoms with Crippen LogP contribution in [-0.4, -0.2) is 96.3 Å². The number of carbonyl (C=O) groups is 2. The van der Waals surface area contributed by atoms with Gasteiger partial charge in [0.05, 0.1) is 83.5 Å². The largest absolute Gasteiger partial charge is 0.493 e. The fourth-order valence-corrected chi connectivity index (χ4v) is 7.17. The number of rotatable bonds is 14. The molecule has 2 aliphatic rings. The van der Waals surface area contributed by atoms with Crippen molar-refractivity contribution in [3.63, 3.8) is 0 Å². The van der Waals surface area contributed by atoms with Crippen molar-refractivity contribution in [2.75, 3.05) is 62.5 Å². The molecule has 0 radical (unpaired) electrons. The molecule has 2 saturated heterocycles. The topological polar surface area (TPSA) is 130 Å². The lowest BCUT2D eigenvalue weighted by Crippen LogP contribution is -2.74. The molecule has 0 N–H and O–H groups in total. The molecule has 2 aromatic rings. The van der Waals surface area contributed by atoms with Gasteiger partial charge in [0.15, 0.2) is 28.8 Å². The molecule has 0 saturated carbocycles. The highest BCUT2D eigenvalue weighted by Crippen LogP contribution is 2.55. The van der Waals surface area contributed by atoms with E-state index in [1.54, 1.807) is 24.3 Å². The number of nitrogens with zero attached hydrogens (tertiary/aromatic N) is 1. The van der Waals surface area contributed by atoms with Crippen LogP contribution in [0.2, 0.25) is 0 Å². The third-order valence-electron chi connectivity index (χ3n) is 11.1. The predicted octanol–water partition coefficient (Wildman–Crippen LogP) is 6.49. The van der Waals surface area contributed by atoms with Crippen LogP contribution < -0.4 is 28.4 Å². The van der Waals surface area contributed by atoms with Gasteiger partial charge < -0.3 is 47.5 Å². The lowest BCUT2D eigenvalue weighted by molar-refractivity contribution is -0.400. The van der Waals surface area contributed by atoms with Crippen LogP contribution in [0.1, 0.15) is 87.9 Å². The molecule has 13 nitrogen and oxygen atoms in total. The predicted molar refractivity (Wildman–Crippen MR) is 188 cm³/mol. The minimum atomic E-state index is -0.982. The fourth-order valence-electron chi connectivity index (χ4n) is 7.17. The number of ether oxygens (including phenoxy) is 9. The molecular formula is C38H55NO12. The number of benzene rings is 2. The zero-order valence-electron chi connectivity index (χ0n) is 32.2. The second kappa shape index (κ2) is 15.7. The number of hydrogen-bond acceptors (Lipinski definition) is 13. The van der Waals surface area contributed by atoms with Crippen molar-refractivity contribution in [2.45, 2.75) is 84.1 Å². The number of carbonyl (C=O) groups excluding carboxylic acids is 2. The smallest absolute Gasteiger partial charge is 0.357 e.